The number of carbonyl (C=O) groups is 1. The molecule has 8 nitrogen and oxygen atoms in total. The Balaban J connectivity index is 1.32. The fraction of sp³-hybridized carbons (Fsp3) is 0.286. The van der Waals surface area contributed by atoms with E-state index in [4.69, 9.17) is 9.47 Å². The van der Waals surface area contributed by atoms with Crippen molar-refractivity contribution < 1.29 is 14.3 Å². The zero-order chi connectivity index (χ0) is 20.1. The van der Waals surface area contributed by atoms with E-state index < -0.39 is 0 Å². The highest BCUT2D eigenvalue weighted by atomic mass is 16.5. The molecule has 4 rings (SSSR count). The number of para-hydroxylation sites is 2. The summed E-state index contributed by atoms with van der Waals surface area (Å²) in [4.78, 5) is 25.2. The number of hydrogen-bond donors (Lipinski definition) is 0. The zero-order valence-corrected chi connectivity index (χ0v) is 16.3. The first-order valence-corrected chi connectivity index (χ1v) is 9.48. The van der Waals surface area contributed by atoms with Crippen LogP contribution in [0, 0.1) is 0 Å². The summed E-state index contributed by atoms with van der Waals surface area (Å²) in [6.45, 7) is 2.66. The molecule has 0 bridgehead atoms. The quantitative estimate of drug-likeness (QED) is 0.638. The van der Waals surface area contributed by atoms with Gasteiger partial charge in [-0.15, -0.1) is 0 Å². The molecule has 0 unspecified atom stereocenters. The van der Waals surface area contributed by atoms with Crippen LogP contribution in [0.15, 0.2) is 61.2 Å². The molecule has 1 saturated heterocycles. The molecule has 3 heterocycles. The third-order valence-electron chi connectivity index (χ3n) is 4.88. The van der Waals surface area contributed by atoms with Gasteiger partial charge >= 0.3 is 0 Å². The summed E-state index contributed by atoms with van der Waals surface area (Å²) in [5.41, 5.74) is 0. The van der Waals surface area contributed by atoms with E-state index in [2.05, 4.69) is 14.9 Å². The molecule has 3 aromatic rings. The molecule has 1 aliphatic heterocycles. The van der Waals surface area contributed by atoms with E-state index in [0.29, 0.717) is 37.7 Å². The lowest BCUT2D eigenvalue weighted by molar-refractivity contribution is -0.133. The van der Waals surface area contributed by atoms with Crippen molar-refractivity contribution in [3.63, 3.8) is 0 Å². The average Bonchev–Trinajstić information content (AvgIpc) is 3.33. The van der Waals surface area contributed by atoms with Crippen LogP contribution in [0.5, 0.6) is 11.5 Å². The lowest BCUT2D eigenvalue weighted by Crippen LogP contribution is -2.50. The Kier molecular flexibility index (Phi) is 5.60. The lowest BCUT2D eigenvalue weighted by Gasteiger charge is -2.35. The maximum Gasteiger partial charge on any atom is 0.260 e. The van der Waals surface area contributed by atoms with Crippen molar-refractivity contribution in [3.05, 3.63) is 61.2 Å². The Morgan fingerprint density at radius 3 is 2.38 bits per heavy atom. The molecule has 0 N–H and O–H groups in total. The maximum absolute atomic E-state index is 12.5. The summed E-state index contributed by atoms with van der Waals surface area (Å²) in [5.74, 6) is 2.84. The Bertz CT molecular complexity index is 952. The second-order valence-corrected chi connectivity index (χ2v) is 6.63. The third-order valence-corrected chi connectivity index (χ3v) is 4.88. The number of ether oxygens (including phenoxy) is 2. The number of benzene rings is 1. The SMILES string of the molecule is COc1ccccc1OCC(=O)N1CCN(c2cc(-n3cccc3)ncn2)CC1. The van der Waals surface area contributed by atoms with Crippen molar-refractivity contribution in [3.8, 4) is 17.3 Å². The summed E-state index contributed by atoms with van der Waals surface area (Å²) >= 11 is 0. The molecule has 1 aromatic carbocycles. The smallest absolute Gasteiger partial charge is 0.260 e. The molecule has 0 atom stereocenters. The first-order chi connectivity index (χ1) is 14.2. The van der Waals surface area contributed by atoms with E-state index in [1.807, 2.05) is 58.3 Å². The number of methoxy groups -OCH3 is 1. The van der Waals surface area contributed by atoms with Gasteiger partial charge in [0.15, 0.2) is 18.1 Å². The summed E-state index contributed by atoms with van der Waals surface area (Å²) < 4.78 is 12.9. The fourth-order valence-electron chi connectivity index (χ4n) is 3.29. The second-order valence-electron chi connectivity index (χ2n) is 6.63. The predicted molar refractivity (Wildman–Crippen MR) is 109 cm³/mol. The van der Waals surface area contributed by atoms with Crippen LogP contribution in [0.4, 0.5) is 5.82 Å². The van der Waals surface area contributed by atoms with Crippen LogP contribution in [-0.2, 0) is 4.79 Å². The molecule has 1 aliphatic rings. The monoisotopic (exact) mass is 393 g/mol. The third kappa shape index (κ3) is 4.31. The second kappa shape index (κ2) is 8.64. The van der Waals surface area contributed by atoms with Crippen LogP contribution in [-0.4, -0.2) is 65.2 Å². The van der Waals surface area contributed by atoms with Gasteiger partial charge in [0.2, 0.25) is 0 Å². The van der Waals surface area contributed by atoms with Crippen molar-refractivity contribution in [2.45, 2.75) is 0 Å². The fourth-order valence-corrected chi connectivity index (χ4v) is 3.29. The highest BCUT2D eigenvalue weighted by Gasteiger charge is 2.23. The van der Waals surface area contributed by atoms with E-state index >= 15 is 0 Å². The van der Waals surface area contributed by atoms with Crippen molar-refractivity contribution in [2.24, 2.45) is 0 Å². The molecule has 2 aromatic heterocycles. The van der Waals surface area contributed by atoms with Gasteiger partial charge in [-0.3, -0.25) is 4.79 Å². The van der Waals surface area contributed by atoms with Crippen molar-refractivity contribution in [2.75, 3.05) is 44.8 Å². The number of piperazine rings is 1. The summed E-state index contributed by atoms with van der Waals surface area (Å²) in [6, 6.07) is 13.2. The van der Waals surface area contributed by atoms with Crippen LogP contribution in [0.2, 0.25) is 0 Å². The number of anilines is 1. The molecule has 29 heavy (non-hydrogen) atoms. The van der Waals surface area contributed by atoms with Crippen LogP contribution in [0.1, 0.15) is 0 Å². The first-order valence-electron chi connectivity index (χ1n) is 9.48. The summed E-state index contributed by atoms with van der Waals surface area (Å²) in [7, 11) is 1.58. The molecule has 0 radical (unpaired) electrons. The largest absolute Gasteiger partial charge is 0.493 e. The van der Waals surface area contributed by atoms with Crippen molar-refractivity contribution in [1.29, 1.82) is 0 Å². The summed E-state index contributed by atoms with van der Waals surface area (Å²) in [6.07, 6.45) is 5.47. The Labute approximate surface area is 169 Å². The number of hydrogen-bond acceptors (Lipinski definition) is 6. The average molecular weight is 393 g/mol. The minimum Gasteiger partial charge on any atom is -0.493 e. The lowest BCUT2D eigenvalue weighted by atomic mass is 10.3. The van der Waals surface area contributed by atoms with Gasteiger partial charge in [-0.05, 0) is 24.3 Å². The molecule has 8 heteroatoms. The minimum atomic E-state index is -0.0359. The first kappa shape index (κ1) is 18.8. The van der Waals surface area contributed by atoms with Gasteiger partial charge in [0.05, 0.1) is 7.11 Å². The number of carbonyl (C=O) groups excluding carboxylic acids is 1. The van der Waals surface area contributed by atoms with Gasteiger partial charge in [-0.2, -0.15) is 0 Å². The molecular formula is C21H23N5O3. The summed E-state index contributed by atoms with van der Waals surface area (Å²) in [5, 5.41) is 0. The van der Waals surface area contributed by atoms with E-state index in [9.17, 15) is 4.79 Å². The highest BCUT2D eigenvalue weighted by Crippen LogP contribution is 2.25. The maximum atomic E-state index is 12.5. The van der Waals surface area contributed by atoms with E-state index in [1.54, 1.807) is 19.5 Å². The topological polar surface area (TPSA) is 72.7 Å². The van der Waals surface area contributed by atoms with Gasteiger partial charge < -0.3 is 23.8 Å². The van der Waals surface area contributed by atoms with E-state index in [0.717, 1.165) is 11.6 Å². The van der Waals surface area contributed by atoms with Crippen LogP contribution < -0.4 is 14.4 Å². The number of amides is 1. The van der Waals surface area contributed by atoms with Gasteiger partial charge in [-0.25, -0.2) is 9.97 Å². The predicted octanol–water partition coefficient (Wildman–Crippen LogP) is 2.00. The molecule has 150 valence electrons. The molecular weight excluding hydrogens is 370 g/mol. The van der Waals surface area contributed by atoms with Crippen LogP contribution in [0.3, 0.4) is 0 Å². The van der Waals surface area contributed by atoms with E-state index in [1.165, 1.54) is 0 Å². The van der Waals surface area contributed by atoms with Crippen molar-refractivity contribution >= 4 is 11.7 Å². The van der Waals surface area contributed by atoms with Crippen LogP contribution >= 0.6 is 0 Å². The Morgan fingerprint density at radius 2 is 1.66 bits per heavy atom. The molecule has 0 saturated carbocycles. The number of aromatic nitrogens is 3. The van der Waals surface area contributed by atoms with E-state index in [-0.39, 0.29) is 12.5 Å². The highest BCUT2D eigenvalue weighted by molar-refractivity contribution is 5.78. The molecule has 1 amide bonds. The van der Waals surface area contributed by atoms with Gasteiger partial charge in [0.1, 0.15) is 18.0 Å². The van der Waals surface area contributed by atoms with Gasteiger partial charge in [0, 0.05) is 44.6 Å². The standard InChI is InChI=1S/C21H23N5O3/c1-28-17-6-2-3-7-18(17)29-15-21(27)26-12-10-25(11-13-26)20-14-19(22-16-23-20)24-8-4-5-9-24/h2-9,14,16H,10-13,15H2,1H3. The molecule has 0 aliphatic carbocycles. The molecule has 0 spiro atoms. The van der Waals surface area contributed by atoms with Crippen LogP contribution in [0.25, 0.3) is 5.82 Å². The number of rotatable bonds is 6. The number of nitrogens with zero attached hydrogens (tertiary/aromatic N) is 5. The van der Waals surface area contributed by atoms with Crippen molar-refractivity contribution in [1.82, 2.24) is 19.4 Å². The Hall–Kier alpha value is -3.55. The van der Waals surface area contributed by atoms with Gasteiger partial charge in [-0.1, -0.05) is 12.1 Å². The normalized spacial score (nSPS) is 14.0. The Morgan fingerprint density at radius 1 is 0.966 bits per heavy atom. The minimum absolute atomic E-state index is 0.00828. The molecule has 1 fully saturated rings. The zero-order valence-electron chi connectivity index (χ0n) is 16.3. The van der Waals surface area contributed by atoms with Gasteiger partial charge in [0.25, 0.3) is 5.91 Å².